The standard InChI is InChI=1S/C65H43NO/c1-3-21-49(22-4-1)65(50-23-5-2-6-24-50)58-31-12-9-27-56(58)63-55(30-16-32-59(63)65)54-26-10-13-33-60(54)66(51-40-38-45(39-41-51)47-37-36-44-18-7-8-19-46(44)42-47)52-25-15-20-48(43-52)53-29-17-35-62-64(53)57-28-11-14-34-61(57)67-62/h1-43H. The molecule has 0 N–H and O–H groups in total. The van der Waals surface area contributed by atoms with Gasteiger partial charge >= 0.3 is 0 Å². The van der Waals surface area contributed by atoms with Gasteiger partial charge in [0.05, 0.1) is 11.1 Å². The second-order valence-corrected chi connectivity index (χ2v) is 17.5. The number of para-hydroxylation sites is 2. The molecule has 12 aromatic rings. The Morgan fingerprint density at radius 1 is 0.328 bits per heavy atom. The van der Waals surface area contributed by atoms with E-state index in [0.29, 0.717) is 0 Å². The molecule has 1 heterocycles. The molecule has 0 fully saturated rings. The highest BCUT2D eigenvalue weighted by Gasteiger charge is 2.47. The lowest BCUT2D eigenvalue weighted by Gasteiger charge is -2.34. The van der Waals surface area contributed by atoms with Gasteiger partial charge in [-0.3, -0.25) is 0 Å². The summed E-state index contributed by atoms with van der Waals surface area (Å²) in [5.74, 6) is 0. The third-order valence-corrected chi connectivity index (χ3v) is 13.9. The molecule has 67 heavy (non-hydrogen) atoms. The fourth-order valence-electron chi connectivity index (χ4n) is 11.0. The van der Waals surface area contributed by atoms with Crippen molar-refractivity contribution in [3.63, 3.8) is 0 Å². The Morgan fingerprint density at radius 2 is 0.925 bits per heavy atom. The van der Waals surface area contributed by atoms with Gasteiger partial charge in [0, 0.05) is 27.7 Å². The van der Waals surface area contributed by atoms with Crippen molar-refractivity contribution in [1.29, 1.82) is 0 Å². The molecule has 0 bridgehead atoms. The summed E-state index contributed by atoms with van der Waals surface area (Å²) in [5, 5.41) is 4.72. The van der Waals surface area contributed by atoms with E-state index in [9.17, 15) is 0 Å². The smallest absolute Gasteiger partial charge is 0.136 e. The Balaban J connectivity index is 1.03. The highest BCUT2D eigenvalue weighted by molar-refractivity contribution is 6.12. The van der Waals surface area contributed by atoms with Gasteiger partial charge in [-0.1, -0.05) is 212 Å². The molecule has 0 aliphatic heterocycles. The molecule has 0 saturated carbocycles. The number of anilines is 3. The first-order chi connectivity index (χ1) is 33.2. The average molecular weight is 854 g/mol. The molecular weight excluding hydrogens is 811 g/mol. The van der Waals surface area contributed by atoms with E-state index in [-0.39, 0.29) is 0 Å². The fraction of sp³-hybridized carbons (Fsp3) is 0.0154. The van der Waals surface area contributed by atoms with Crippen molar-refractivity contribution in [3.05, 3.63) is 283 Å². The van der Waals surface area contributed by atoms with Gasteiger partial charge < -0.3 is 9.32 Å². The Bertz CT molecular complexity index is 3770. The third-order valence-electron chi connectivity index (χ3n) is 13.9. The molecule has 314 valence electrons. The number of fused-ring (bicyclic) bond motifs is 7. The van der Waals surface area contributed by atoms with E-state index in [1.807, 2.05) is 6.07 Å². The summed E-state index contributed by atoms with van der Waals surface area (Å²) in [7, 11) is 0. The molecule has 0 saturated heterocycles. The molecule has 1 aromatic heterocycles. The number of hydrogen-bond donors (Lipinski definition) is 0. The molecule has 0 spiro atoms. The quantitative estimate of drug-likeness (QED) is 0.151. The maximum Gasteiger partial charge on any atom is 0.136 e. The van der Waals surface area contributed by atoms with Gasteiger partial charge in [-0.25, -0.2) is 0 Å². The molecule has 0 atom stereocenters. The number of nitrogens with zero attached hydrogens (tertiary/aromatic N) is 1. The maximum absolute atomic E-state index is 6.39. The zero-order valence-corrected chi connectivity index (χ0v) is 36.7. The van der Waals surface area contributed by atoms with Crippen molar-refractivity contribution < 1.29 is 4.42 Å². The lowest BCUT2D eigenvalue weighted by molar-refractivity contribution is 0.669. The van der Waals surface area contributed by atoms with Crippen LogP contribution in [0.2, 0.25) is 0 Å². The van der Waals surface area contributed by atoms with Crippen LogP contribution in [-0.2, 0) is 5.41 Å². The van der Waals surface area contributed by atoms with E-state index >= 15 is 0 Å². The van der Waals surface area contributed by atoms with Crippen molar-refractivity contribution >= 4 is 49.8 Å². The van der Waals surface area contributed by atoms with Crippen LogP contribution in [0.4, 0.5) is 17.1 Å². The molecule has 13 rings (SSSR count). The monoisotopic (exact) mass is 853 g/mol. The fourth-order valence-corrected chi connectivity index (χ4v) is 11.0. The van der Waals surface area contributed by atoms with Crippen LogP contribution < -0.4 is 4.90 Å². The first-order valence-corrected chi connectivity index (χ1v) is 23.1. The lowest BCUT2D eigenvalue weighted by atomic mass is 9.67. The Kier molecular flexibility index (Phi) is 9.11. The number of hydrogen-bond acceptors (Lipinski definition) is 2. The van der Waals surface area contributed by atoms with Crippen molar-refractivity contribution in [2.75, 3.05) is 4.90 Å². The minimum absolute atomic E-state index is 0.510. The maximum atomic E-state index is 6.39. The van der Waals surface area contributed by atoms with Gasteiger partial charge in [0.15, 0.2) is 0 Å². The summed E-state index contributed by atoms with van der Waals surface area (Å²) in [6.45, 7) is 0. The zero-order valence-electron chi connectivity index (χ0n) is 36.7. The van der Waals surface area contributed by atoms with E-state index in [1.54, 1.807) is 0 Å². The molecule has 2 heteroatoms. The molecular formula is C65H43NO. The molecule has 1 aliphatic rings. The minimum Gasteiger partial charge on any atom is -0.456 e. The van der Waals surface area contributed by atoms with Crippen LogP contribution in [0, 0.1) is 0 Å². The number of rotatable bonds is 8. The van der Waals surface area contributed by atoms with Crippen LogP contribution >= 0.6 is 0 Å². The second kappa shape index (κ2) is 15.8. The van der Waals surface area contributed by atoms with Crippen LogP contribution in [-0.4, -0.2) is 0 Å². The van der Waals surface area contributed by atoms with Gasteiger partial charge in [-0.05, 0) is 121 Å². The Hall–Kier alpha value is -8.72. The number of furan rings is 1. The van der Waals surface area contributed by atoms with E-state index < -0.39 is 5.41 Å². The summed E-state index contributed by atoms with van der Waals surface area (Å²) < 4.78 is 6.39. The lowest BCUT2D eigenvalue weighted by Crippen LogP contribution is -2.28. The summed E-state index contributed by atoms with van der Waals surface area (Å²) in [5.41, 5.74) is 19.1. The summed E-state index contributed by atoms with van der Waals surface area (Å²) in [4.78, 5) is 2.44. The zero-order chi connectivity index (χ0) is 44.3. The van der Waals surface area contributed by atoms with Gasteiger partial charge in [0.25, 0.3) is 0 Å². The van der Waals surface area contributed by atoms with Crippen molar-refractivity contribution in [2.24, 2.45) is 0 Å². The normalized spacial score (nSPS) is 12.6. The van der Waals surface area contributed by atoms with Crippen LogP contribution in [0.25, 0.3) is 77.2 Å². The van der Waals surface area contributed by atoms with E-state index in [1.165, 1.54) is 60.8 Å². The molecule has 2 nitrogen and oxygen atoms in total. The second-order valence-electron chi connectivity index (χ2n) is 17.5. The largest absolute Gasteiger partial charge is 0.456 e. The molecule has 0 radical (unpaired) electrons. The molecule has 0 unspecified atom stereocenters. The van der Waals surface area contributed by atoms with Gasteiger partial charge in [-0.2, -0.15) is 0 Å². The molecule has 1 aliphatic carbocycles. The van der Waals surface area contributed by atoms with Crippen molar-refractivity contribution in [3.8, 4) is 44.5 Å². The van der Waals surface area contributed by atoms with Crippen LogP contribution in [0.5, 0.6) is 0 Å². The van der Waals surface area contributed by atoms with Gasteiger partial charge in [0.1, 0.15) is 11.2 Å². The summed E-state index contributed by atoms with van der Waals surface area (Å²) in [6.07, 6.45) is 0. The first-order valence-electron chi connectivity index (χ1n) is 23.1. The molecule has 0 amide bonds. The summed E-state index contributed by atoms with van der Waals surface area (Å²) >= 11 is 0. The van der Waals surface area contributed by atoms with E-state index in [0.717, 1.165) is 55.7 Å². The van der Waals surface area contributed by atoms with Gasteiger partial charge in [0.2, 0.25) is 0 Å². The van der Waals surface area contributed by atoms with E-state index in [4.69, 9.17) is 4.42 Å². The predicted molar refractivity (Wildman–Crippen MR) is 280 cm³/mol. The summed E-state index contributed by atoms with van der Waals surface area (Å²) in [6, 6.07) is 95.2. The highest BCUT2D eigenvalue weighted by atomic mass is 16.3. The Labute approximate surface area is 390 Å². The van der Waals surface area contributed by atoms with Gasteiger partial charge in [-0.15, -0.1) is 0 Å². The van der Waals surface area contributed by atoms with Crippen LogP contribution in [0.1, 0.15) is 22.3 Å². The number of benzene rings is 11. The van der Waals surface area contributed by atoms with Crippen molar-refractivity contribution in [1.82, 2.24) is 0 Å². The van der Waals surface area contributed by atoms with Crippen molar-refractivity contribution in [2.45, 2.75) is 5.41 Å². The minimum atomic E-state index is -0.510. The topological polar surface area (TPSA) is 16.4 Å². The highest BCUT2D eigenvalue weighted by Crippen LogP contribution is 2.59. The van der Waals surface area contributed by atoms with E-state index in [2.05, 4.69) is 260 Å². The average Bonchev–Trinajstić information content (AvgIpc) is 3.94. The van der Waals surface area contributed by atoms with Crippen LogP contribution in [0.3, 0.4) is 0 Å². The SMILES string of the molecule is c1ccc(C2(c3ccccc3)c3ccccc3-c3c(-c4ccccc4N(c4ccc(-c5ccc6ccccc6c5)cc4)c4cccc(-c5cccc6oc7ccccc7c56)c4)cccc32)cc1. The molecule has 11 aromatic carbocycles. The predicted octanol–water partition coefficient (Wildman–Crippen LogP) is 17.6. The van der Waals surface area contributed by atoms with Crippen LogP contribution in [0.15, 0.2) is 265 Å². The Morgan fingerprint density at radius 3 is 1.75 bits per heavy atom. The first kappa shape index (κ1) is 38.7. The third kappa shape index (κ3) is 6.18.